The van der Waals surface area contributed by atoms with Crippen molar-refractivity contribution in [1.82, 2.24) is 0 Å². The molecule has 0 aromatic heterocycles. The van der Waals surface area contributed by atoms with Crippen molar-refractivity contribution in [2.45, 2.75) is 26.7 Å². The van der Waals surface area contributed by atoms with Crippen LogP contribution in [0.15, 0.2) is 72.8 Å². The van der Waals surface area contributed by atoms with Gasteiger partial charge in [0.1, 0.15) is 0 Å². The van der Waals surface area contributed by atoms with Gasteiger partial charge in [0.2, 0.25) is 0 Å². The van der Waals surface area contributed by atoms with Gasteiger partial charge in [0.25, 0.3) is 0 Å². The first-order valence-corrected chi connectivity index (χ1v) is 7.91. The average molecular weight is 286 g/mol. The summed E-state index contributed by atoms with van der Waals surface area (Å²) in [6.07, 6.45) is 0. The first-order chi connectivity index (χ1) is 10.6. The smallest absolute Gasteiger partial charge is 0.0149 e. The van der Waals surface area contributed by atoms with E-state index in [2.05, 4.69) is 93.6 Å². The molecule has 3 rings (SSSR count). The number of rotatable bonds is 3. The molecule has 0 spiro atoms. The quantitative estimate of drug-likeness (QED) is 0.519. The SMILES string of the molecule is Cc1ccc(-c2cccc(C(C)C)c2)cc1-c1ccccc1. The van der Waals surface area contributed by atoms with Crippen LogP contribution >= 0.6 is 0 Å². The van der Waals surface area contributed by atoms with Crippen molar-refractivity contribution in [3.8, 4) is 22.3 Å². The van der Waals surface area contributed by atoms with E-state index < -0.39 is 0 Å². The molecule has 0 saturated carbocycles. The van der Waals surface area contributed by atoms with Gasteiger partial charge in [-0.1, -0.05) is 80.6 Å². The molecule has 0 fully saturated rings. The third-order valence-corrected chi connectivity index (χ3v) is 4.21. The first-order valence-electron chi connectivity index (χ1n) is 7.91. The van der Waals surface area contributed by atoms with E-state index in [1.165, 1.54) is 33.4 Å². The summed E-state index contributed by atoms with van der Waals surface area (Å²) >= 11 is 0. The van der Waals surface area contributed by atoms with Crippen molar-refractivity contribution in [3.05, 3.63) is 83.9 Å². The Morgan fingerprint density at radius 3 is 2.05 bits per heavy atom. The fraction of sp³-hybridized carbons (Fsp3) is 0.182. The monoisotopic (exact) mass is 286 g/mol. The van der Waals surface area contributed by atoms with Crippen LogP contribution in [0.1, 0.15) is 30.9 Å². The third-order valence-electron chi connectivity index (χ3n) is 4.21. The zero-order chi connectivity index (χ0) is 15.5. The highest BCUT2D eigenvalue weighted by molar-refractivity contribution is 5.75. The zero-order valence-electron chi connectivity index (χ0n) is 13.5. The summed E-state index contributed by atoms with van der Waals surface area (Å²) in [5, 5.41) is 0. The molecule has 22 heavy (non-hydrogen) atoms. The fourth-order valence-corrected chi connectivity index (χ4v) is 2.81. The molecule has 0 N–H and O–H groups in total. The minimum absolute atomic E-state index is 0.555. The highest BCUT2D eigenvalue weighted by Crippen LogP contribution is 2.30. The molecule has 3 aromatic rings. The summed E-state index contributed by atoms with van der Waals surface area (Å²) in [4.78, 5) is 0. The Balaban J connectivity index is 2.08. The Morgan fingerprint density at radius 2 is 1.32 bits per heavy atom. The van der Waals surface area contributed by atoms with E-state index in [9.17, 15) is 0 Å². The van der Waals surface area contributed by atoms with Crippen molar-refractivity contribution < 1.29 is 0 Å². The third kappa shape index (κ3) is 2.96. The number of hydrogen-bond acceptors (Lipinski definition) is 0. The molecule has 0 heteroatoms. The van der Waals surface area contributed by atoms with Crippen LogP contribution in [0.25, 0.3) is 22.3 Å². The molecule has 0 nitrogen and oxygen atoms in total. The predicted molar refractivity (Wildman–Crippen MR) is 96.1 cm³/mol. The van der Waals surface area contributed by atoms with E-state index in [1.807, 2.05) is 0 Å². The van der Waals surface area contributed by atoms with Crippen LogP contribution in [0, 0.1) is 6.92 Å². The maximum atomic E-state index is 2.31. The van der Waals surface area contributed by atoms with Gasteiger partial charge in [0.15, 0.2) is 0 Å². The molecular weight excluding hydrogens is 264 g/mol. The van der Waals surface area contributed by atoms with Crippen LogP contribution in [-0.4, -0.2) is 0 Å². The van der Waals surface area contributed by atoms with Gasteiger partial charge < -0.3 is 0 Å². The van der Waals surface area contributed by atoms with E-state index >= 15 is 0 Å². The van der Waals surface area contributed by atoms with Crippen LogP contribution in [0.3, 0.4) is 0 Å². The molecule has 0 saturated heterocycles. The molecule has 0 aliphatic heterocycles. The van der Waals surface area contributed by atoms with Gasteiger partial charge in [-0.2, -0.15) is 0 Å². The second-order valence-electron chi connectivity index (χ2n) is 6.18. The lowest BCUT2D eigenvalue weighted by atomic mass is 9.93. The molecule has 0 unspecified atom stereocenters. The average Bonchev–Trinajstić information content (AvgIpc) is 2.56. The van der Waals surface area contributed by atoms with Crippen molar-refractivity contribution in [1.29, 1.82) is 0 Å². The molecule has 3 aromatic carbocycles. The van der Waals surface area contributed by atoms with E-state index in [4.69, 9.17) is 0 Å². The van der Waals surface area contributed by atoms with Crippen LogP contribution < -0.4 is 0 Å². The molecule has 0 atom stereocenters. The summed E-state index contributed by atoms with van der Waals surface area (Å²) < 4.78 is 0. The zero-order valence-corrected chi connectivity index (χ0v) is 13.5. The Bertz CT molecular complexity index is 767. The standard InChI is InChI=1S/C22H22/c1-16(2)19-10-7-11-20(14-19)21-13-12-17(3)22(15-21)18-8-5-4-6-9-18/h4-16H,1-3H3. The number of benzene rings is 3. The molecular formula is C22H22. The molecule has 0 aliphatic carbocycles. The van der Waals surface area contributed by atoms with Crippen molar-refractivity contribution in [2.75, 3.05) is 0 Å². The molecule has 0 radical (unpaired) electrons. The predicted octanol–water partition coefficient (Wildman–Crippen LogP) is 6.45. The molecule has 0 amide bonds. The summed E-state index contributed by atoms with van der Waals surface area (Å²) in [5.74, 6) is 0.555. The normalized spacial score (nSPS) is 10.9. The van der Waals surface area contributed by atoms with Gasteiger partial charge in [-0.15, -0.1) is 0 Å². The van der Waals surface area contributed by atoms with Gasteiger partial charge in [-0.3, -0.25) is 0 Å². The van der Waals surface area contributed by atoms with Gasteiger partial charge in [0.05, 0.1) is 0 Å². The van der Waals surface area contributed by atoms with Crippen LogP contribution in [0.4, 0.5) is 0 Å². The maximum absolute atomic E-state index is 2.31. The Hall–Kier alpha value is -2.34. The lowest BCUT2D eigenvalue weighted by Gasteiger charge is -2.12. The number of hydrogen-bond donors (Lipinski definition) is 0. The molecule has 0 heterocycles. The molecule has 0 bridgehead atoms. The van der Waals surface area contributed by atoms with Gasteiger partial charge in [0, 0.05) is 0 Å². The molecule has 0 aliphatic rings. The highest BCUT2D eigenvalue weighted by atomic mass is 14.1. The van der Waals surface area contributed by atoms with Crippen LogP contribution in [-0.2, 0) is 0 Å². The van der Waals surface area contributed by atoms with Gasteiger partial charge >= 0.3 is 0 Å². The van der Waals surface area contributed by atoms with Crippen molar-refractivity contribution in [3.63, 3.8) is 0 Å². The second kappa shape index (κ2) is 6.19. The van der Waals surface area contributed by atoms with Crippen LogP contribution in [0.2, 0.25) is 0 Å². The summed E-state index contributed by atoms with van der Waals surface area (Å²) in [7, 11) is 0. The van der Waals surface area contributed by atoms with Gasteiger partial charge in [-0.25, -0.2) is 0 Å². The Labute approximate surface area is 133 Å². The lowest BCUT2D eigenvalue weighted by molar-refractivity contribution is 0.867. The lowest BCUT2D eigenvalue weighted by Crippen LogP contribution is -1.89. The molecule has 110 valence electrons. The summed E-state index contributed by atoms with van der Waals surface area (Å²) in [6.45, 7) is 6.66. The van der Waals surface area contributed by atoms with Gasteiger partial charge in [-0.05, 0) is 52.3 Å². The maximum Gasteiger partial charge on any atom is -0.0149 e. The van der Waals surface area contributed by atoms with Crippen molar-refractivity contribution in [2.24, 2.45) is 0 Å². The largest absolute Gasteiger partial charge is 0.0622 e. The highest BCUT2D eigenvalue weighted by Gasteiger charge is 2.06. The Morgan fingerprint density at radius 1 is 0.636 bits per heavy atom. The minimum Gasteiger partial charge on any atom is -0.0622 e. The first kappa shape index (κ1) is 14.6. The minimum atomic E-state index is 0.555. The summed E-state index contributed by atoms with van der Waals surface area (Å²) in [5.41, 5.74) is 7.87. The van der Waals surface area contributed by atoms with E-state index in [0.29, 0.717) is 5.92 Å². The fourth-order valence-electron chi connectivity index (χ4n) is 2.81. The summed E-state index contributed by atoms with van der Waals surface area (Å²) in [6, 6.07) is 26.2. The van der Waals surface area contributed by atoms with Crippen molar-refractivity contribution >= 4 is 0 Å². The number of aryl methyl sites for hydroxylation is 1. The Kier molecular flexibility index (Phi) is 4.11. The second-order valence-corrected chi connectivity index (χ2v) is 6.18. The van der Waals surface area contributed by atoms with E-state index in [1.54, 1.807) is 0 Å². The van der Waals surface area contributed by atoms with E-state index in [0.717, 1.165) is 0 Å². The van der Waals surface area contributed by atoms with E-state index in [-0.39, 0.29) is 0 Å². The topological polar surface area (TPSA) is 0 Å². The van der Waals surface area contributed by atoms with Crippen LogP contribution in [0.5, 0.6) is 0 Å².